The normalized spacial score (nSPS) is 10.3. The molecule has 0 bridgehead atoms. The van der Waals surface area contributed by atoms with Gasteiger partial charge in [0.15, 0.2) is 0 Å². The minimum Gasteiger partial charge on any atom is -0.369 e. The summed E-state index contributed by atoms with van der Waals surface area (Å²) in [6.45, 7) is 0.716. The van der Waals surface area contributed by atoms with Gasteiger partial charge in [0.1, 0.15) is 11.9 Å². The van der Waals surface area contributed by atoms with E-state index in [4.69, 9.17) is 0 Å². The number of aromatic nitrogens is 2. The van der Waals surface area contributed by atoms with E-state index in [0.29, 0.717) is 17.9 Å². The van der Waals surface area contributed by atoms with Crippen molar-refractivity contribution < 1.29 is 0 Å². The highest BCUT2D eigenvalue weighted by Gasteiger charge is 2.06. The first kappa shape index (κ1) is 12.6. The zero-order valence-corrected chi connectivity index (χ0v) is 11.5. The predicted molar refractivity (Wildman–Crippen MR) is 80.8 cm³/mol. The van der Waals surface area contributed by atoms with Crippen molar-refractivity contribution in [2.45, 2.75) is 6.42 Å². The Morgan fingerprint density at radius 1 is 1.30 bits per heavy atom. The van der Waals surface area contributed by atoms with E-state index in [1.165, 1.54) is 0 Å². The van der Waals surface area contributed by atoms with Crippen molar-refractivity contribution in [3.8, 4) is 6.07 Å². The zero-order valence-electron chi connectivity index (χ0n) is 10.7. The van der Waals surface area contributed by atoms with Crippen LogP contribution in [0.1, 0.15) is 10.6 Å². The summed E-state index contributed by atoms with van der Waals surface area (Å²) in [6.07, 6.45) is 2.63. The first-order valence-electron chi connectivity index (χ1n) is 6.29. The van der Waals surface area contributed by atoms with Crippen molar-refractivity contribution in [3.05, 3.63) is 52.5 Å². The van der Waals surface area contributed by atoms with E-state index in [9.17, 15) is 5.26 Å². The largest absolute Gasteiger partial charge is 0.369 e. The van der Waals surface area contributed by atoms with Gasteiger partial charge in [0.2, 0.25) is 0 Å². The highest BCUT2D eigenvalue weighted by atomic mass is 32.1. The van der Waals surface area contributed by atoms with Crippen molar-refractivity contribution in [2.75, 3.05) is 11.9 Å². The van der Waals surface area contributed by atoms with Gasteiger partial charge in [0.25, 0.3) is 0 Å². The topological polar surface area (TPSA) is 61.6 Å². The number of thiazole rings is 1. The molecule has 1 aromatic carbocycles. The van der Waals surface area contributed by atoms with E-state index in [1.807, 2.05) is 35.7 Å². The Morgan fingerprint density at radius 3 is 3.00 bits per heavy atom. The number of rotatable bonds is 4. The van der Waals surface area contributed by atoms with Gasteiger partial charge in [-0.25, -0.2) is 9.97 Å². The van der Waals surface area contributed by atoms with Gasteiger partial charge in [-0.15, -0.1) is 11.3 Å². The quantitative estimate of drug-likeness (QED) is 0.797. The molecule has 0 radical (unpaired) electrons. The number of pyridine rings is 1. The van der Waals surface area contributed by atoms with Crippen LogP contribution in [0.5, 0.6) is 0 Å². The lowest BCUT2D eigenvalue weighted by atomic mass is 10.1. The molecule has 0 aliphatic rings. The SMILES string of the molecule is N#Cc1cc2ccccc2nc1NCCc1nccs1. The van der Waals surface area contributed by atoms with E-state index < -0.39 is 0 Å². The average Bonchev–Trinajstić information content (AvgIpc) is 3.00. The highest BCUT2D eigenvalue weighted by molar-refractivity contribution is 7.09. The Kier molecular flexibility index (Phi) is 3.57. The summed E-state index contributed by atoms with van der Waals surface area (Å²) in [5.74, 6) is 0.641. The first-order valence-corrected chi connectivity index (χ1v) is 7.17. The molecule has 0 aliphatic heterocycles. The number of benzene rings is 1. The molecule has 2 heterocycles. The maximum Gasteiger partial charge on any atom is 0.144 e. The summed E-state index contributed by atoms with van der Waals surface area (Å²) < 4.78 is 0. The van der Waals surface area contributed by atoms with Gasteiger partial charge in [-0.1, -0.05) is 18.2 Å². The van der Waals surface area contributed by atoms with Gasteiger partial charge in [0.05, 0.1) is 16.1 Å². The number of fused-ring (bicyclic) bond motifs is 1. The number of anilines is 1. The molecule has 0 atom stereocenters. The first-order chi connectivity index (χ1) is 9.86. The van der Waals surface area contributed by atoms with Crippen LogP contribution in [-0.4, -0.2) is 16.5 Å². The van der Waals surface area contributed by atoms with Gasteiger partial charge in [0, 0.05) is 29.9 Å². The Balaban J connectivity index is 1.81. The van der Waals surface area contributed by atoms with Crippen molar-refractivity contribution in [1.29, 1.82) is 5.26 Å². The molecule has 5 heteroatoms. The molecule has 1 N–H and O–H groups in total. The highest BCUT2D eigenvalue weighted by Crippen LogP contribution is 2.19. The van der Waals surface area contributed by atoms with E-state index in [0.717, 1.165) is 22.3 Å². The molecule has 20 heavy (non-hydrogen) atoms. The maximum atomic E-state index is 9.22. The van der Waals surface area contributed by atoms with Gasteiger partial charge < -0.3 is 5.32 Å². The summed E-state index contributed by atoms with van der Waals surface area (Å²) in [5, 5.41) is 16.5. The second-order valence-electron chi connectivity index (χ2n) is 4.29. The maximum absolute atomic E-state index is 9.22. The fourth-order valence-corrected chi connectivity index (χ4v) is 2.62. The van der Waals surface area contributed by atoms with Crippen LogP contribution in [0.15, 0.2) is 41.9 Å². The van der Waals surface area contributed by atoms with Crippen LogP contribution in [0.25, 0.3) is 10.9 Å². The van der Waals surface area contributed by atoms with E-state index in [2.05, 4.69) is 21.4 Å². The number of hydrogen-bond acceptors (Lipinski definition) is 5. The molecule has 0 saturated heterocycles. The lowest BCUT2D eigenvalue weighted by Crippen LogP contribution is -2.07. The number of nitrogens with one attached hydrogen (secondary N) is 1. The molecule has 0 spiro atoms. The van der Waals surface area contributed by atoms with Crippen molar-refractivity contribution in [3.63, 3.8) is 0 Å². The van der Waals surface area contributed by atoms with Crippen LogP contribution in [0.2, 0.25) is 0 Å². The monoisotopic (exact) mass is 280 g/mol. The molecule has 3 aromatic rings. The van der Waals surface area contributed by atoms with Crippen LogP contribution in [0.3, 0.4) is 0 Å². The number of nitrogens with zero attached hydrogens (tertiary/aromatic N) is 3. The molecule has 4 nitrogen and oxygen atoms in total. The summed E-state index contributed by atoms with van der Waals surface area (Å²) >= 11 is 1.63. The lowest BCUT2D eigenvalue weighted by molar-refractivity contribution is 0.989. The van der Waals surface area contributed by atoms with E-state index in [1.54, 1.807) is 17.5 Å². The third-order valence-electron chi connectivity index (χ3n) is 2.96. The molecule has 2 aromatic heterocycles. The lowest BCUT2D eigenvalue weighted by Gasteiger charge is -2.08. The molecule has 0 fully saturated rings. The Bertz CT molecular complexity index is 759. The predicted octanol–water partition coefficient (Wildman–Crippen LogP) is 3.22. The smallest absolute Gasteiger partial charge is 0.144 e. The van der Waals surface area contributed by atoms with Gasteiger partial charge >= 0.3 is 0 Å². The third-order valence-corrected chi connectivity index (χ3v) is 3.80. The molecule has 0 unspecified atom stereocenters. The number of nitriles is 1. The minimum absolute atomic E-state index is 0.572. The molecule has 3 rings (SSSR count). The Hall–Kier alpha value is -2.45. The molecule has 0 amide bonds. The Labute approximate surface area is 120 Å². The third kappa shape index (κ3) is 2.60. The fourth-order valence-electron chi connectivity index (χ4n) is 2.00. The molecule has 0 aliphatic carbocycles. The summed E-state index contributed by atoms with van der Waals surface area (Å²) in [6, 6.07) is 11.9. The van der Waals surface area contributed by atoms with Crippen LogP contribution in [0.4, 0.5) is 5.82 Å². The van der Waals surface area contributed by atoms with Crippen LogP contribution < -0.4 is 5.32 Å². The molecular weight excluding hydrogens is 268 g/mol. The zero-order chi connectivity index (χ0) is 13.8. The van der Waals surface area contributed by atoms with Crippen molar-refractivity contribution in [2.24, 2.45) is 0 Å². The fraction of sp³-hybridized carbons (Fsp3) is 0.133. The van der Waals surface area contributed by atoms with Crippen molar-refractivity contribution >= 4 is 28.1 Å². The number of para-hydroxylation sites is 1. The summed E-state index contributed by atoms with van der Waals surface area (Å²) in [4.78, 5) is 8.75. The van der Waals surface area contributed by atoms with Crippen LogP contribution >= 0.6 is 11.3 Å². The molecule has 98 valence electrons. The Morgan fingerprint density at radius 2 is 2.20 bits per heavy atom. The van der Waals surface area contributed by atoms with Gasteiger partial charge in [-0.2, -0.15) is 5.26 Å². The minimum atomic E-state index is 0.572. The second kappa shape index (κ2) is 5.68. The average molecular weight is 280 g/mol. The van der Waals surface area contributed by atoms with Crippen LogP contribution in [0, 0.1) is 11.3 Å². The van der Waals surface area contributed by atoms with E-state index >= 15 is 0 Å². The summed E-state index contributed by atoms with van der Waals surface area (Å²) in [7, 11) is 0. The van der Waals surface area contributed by atoms with Gasteiger partial charge in [-0.05, 0) is 12.1 Å². The van der Waals surface area contributed by atoms with Gasteiger partial charge in [-0.3, -0.25) is 0 Å². The molecule has 0 saturated carbocycles. The van der Waals surface area contributed by atoms with E-state index in [-0.39, 0.29) is 0 Å². The van der Waals surface area contributed by atoms with Crippen LogP contribution in [-0.2, 0) is 6.42 Å². The summed E-state index contributed by atoms with van der Waals surface area (Å²) in [5.41, 5.74) is 1.46. The molecular formula is C15H12N4S. The van der Waals surface area contributed by atoms with Crippen molar-refractivity contribution in [1.82, 2.24) is 9.97 Å². The standard InChI is InChI=1S/C15H12N4S/c16-10-12-9-11-3-1-2-4-13(11)19-15(12)18-6-5-14-17-7-8-20-14/h1-4,7-9H,5-6H2,(H,18,19). The number of hydrogen-bond donors (Lipinski definition) is 1. The second-order valence-corrected chi connectivity index (χ2v) is 5.27.